The van der Waals surface area contributed by atoms with E-state index in [4.69, 9.17) is 0 Å². The number of nitrogens with zero attached hydrogens (tertiary/aromatic N) is 6. The number of rotatable bonds is 3. The number of hydrogen-bond donors (Lipinski definition) is 3. The second-order valence-electron chi connectivity index (χ2n) is 8.39. The average Bonchev–Trinajstić information content (AvgIpc) is 3.51. The van der Waals surface area contributed by atoms with Crippen LogP contribution in [0.15, 0.2) is 69.3 Å². The third-order valence-corrected chi connectivity index (χ3v) is 8.58. The number of benzene rings is 3. The lowest BCUT2D eigenvalue weighted by Crippen LogP contribution is -2.04. The number of imidazole rings is 3. The van der Waals surface area contributed by atoms with E-state index >= 15 is 0 Å². The molecule has 4 aromatic heterocycles. The maximum Gasteiger partial charge on any atom is 0.294 e. The van der Waals surface area contributed by atoms with Gasteiger partial charge in [0, 0.05) is 0 Å². The maximum absolute atomic E-state index is 11.9. The Kier molecular flexibility index (Phi) is 4.45. The molecule has 3 N–H and O–H groups in total. The standard InChI is InChI=1S/C21H12N6O8S3/c28-36(29)10-1-4-13-17(7-10)26-19(22-13)25-16-6-3-11(37(30,31)32)8-15(16)24-21(25)27-18-9-12(38(33,34)35)2-5-14(18)23-20(26)27/h1-9H,(H,28,29)(H,30,31,32)(H,33,34,35). The van der Waals surface area contributed by atoms with Crippen molar-refractivity contribution in [3.63, 3.8) is 0 Å². The van der Waals surface area contributed by atoms with Crippen molar-refractivity contribution in [3.8, 4) is 0 Å². The molecule has 0 aliphatic rings. The quantitative estimate of drug-likeness (QED) is 0.207. The van der Waals surface area contributed by atoms with Crippen molar-refractivity contribution in [2.75, 3.05) is 0 Å². The van der Waals surface area contributed by atoms with Crippen LogP contribution in [0, 0.1) is 0 Å². The van der Waals surface area contributed by atoms with Crippen molar-refractivity contribution in [2.24, 2.45) is 0 Å². The third-order valence-electron chi connectivity index (χ3n) is 6.22. The van der Waals surface area contributed by atoms with Gasteiger partial charge in [0.1, 0.15) is 0 Å². The van der Waals surface area contributed by atoms with Crippen molar-refractivity contribution in [1.82, 2.24) is 28.2 Å². The number of aromatic nitrogens is 6. The zero-order valence-corrected chi connectivity index (χ0v) is 20.9. The summed E-state index contributed by atoms with van der Waals surface area (Å²) in [5.41, 5.74) is 2.00. The number of fused-ring (bicyclic) bond motifs is 12. The Labute approximate surface area is 213 Å². The molecule has 1 atom stereocenters. The van der Waals surface area contributed by atoms with Gasteiger partial charge >= 0.3 is 0 Å². The molecular weight excluding hydrogens is 560 g/mol. The second-order valence-corrected chi connectivity index (χ2v) is 12.2. The van der Waals surface area contributed by atoms with E-state index in [0.717, 1.165) is 0 Å². The molecule has 7 aromatic rings. The highest BCUT2D eigenvalue weighted by Gasteiger charge is 2.23. The molecule has 0 bridgehead atoms. The van der Waals surface area contributed by atoms with E-state index in [0.29, 0.717) is 22.1 Å². The molecule has 0 amide bonds. The zero-order chi connectivity index (χ0) is 26.7. The SMILES string of the molecule is O=S(O)c1ccc2nc3n4c5ccc(S(=O)(=O)O)cc5nc4n4c5cc(S(=O)(=O)O)ccc5nc4n3c2c1. The van der Waals surface area contributed by atoms with Gasteiger partial charge in [-0.2, -0.15) is 16.8 Å². The lowest BCUT2D eigenvalue weighted by Gasteiger charge is -2.06. The van der Waals surface area contributed by atoms with Gasteiger partial charge in [0.05, 0.1) is 47.8 Å². The van der Waals surface area contributed by atoms with E-state index in [-0.39, 0.29) is 43.1 Å². The summed E-state index contributed by atoms with van der Waals surface area (Å²) in [5, 5.41) is 0. The van der Waals surface area contributed by atoms with Crippen LogP contribution >= 0.6 is 0 Å². The molecule has 0 spiro atoms. The minimum atomic E-state index is -4.57. The van der Waals surface area contributed by atoms with Crippen LogP contribution in [0.5, 0.6) is 0 Å². The normalized spacial score (nSPS) is 14.1. The summed E-state index contributed by atoms with van der Waals surface area (Å²) in [6.45, 7) is 0. The molecule has 0 aliphatic heterocycles. The van der Waals surface area contributed by atoms with Gasteiger partial charge in [0.2, 0.25) is 17.3 Å². The van der Waals surface area contributed by atoms with Gasteiger partial charge in [-0.25, -0.2) is 32.4 Å². The van der Waals surface area contributed by atoms with Gasteiger partial charge in [-0.1, -0.05) is 0 Å². The van der Waals surface area contributed by atoms with Crippen molar-refractivity contribution >= 4 is 81.7 Å². The first-order chi connectivity index (χ1) is 17.9. The minimum absolute atomic E-state index is 0.107. The van der Waals surface area contributed by atoms with Crippen LogP contribution in [-0.2, 0) is 31.3 Å². The van der Waals surface area contributed by atoms with Gasteiger partial charge in [0.15, 0.2) is 11.1 Å². The summed E-state index contributed by atoms with van der Waals surface area (Å²) < 4.78 is 92.5. The fraction of sp³-hybridized carbons (Fsp3) is 0. The largest absolute Gasteiger partial charge is 0.302 e. The Balaban J connectivity index is 1.78. The Morgan fingerprint density at radius 1 is 0.605 bits per heavy atom. The zero-order valence-electron chi connectivity index (χ0n) is 18.5. The highest BCUT2D eigenvalue weighted by Crippen LogP contribution is 2.30. The van der Waals surface area contributed by atoms with Crippen molar-refractivity contribution in [2.45, 2.75) is 14.7 Å². The van der Waals surface area contributed by atoms with Crippen LogP contribution in [0.2, 0.25) is 0 Å². The average molecular weight is 573 g/mol. The molecule has 14 nitrogen and oxygen atoms in total. The Morgan fingerprint density at radius 3 is 1.66 bits per heavy atom. The monoisotopic (exact) mass is 572 g/mol. The first-order valence-corrected chi connectivity index (χ1v) is 14.5. The Hall–Kier alpha value is -4.00. The van der Waals surface area contributed by atoms with Gasteiger partial charge in [0.25, 0.3) is 20.2 Å². The molecule has 0 fully saturated rings. The molecule has 0 aliphatic carbocycles. The molecule has 192 valence electrons. The van der Waals surface area contributed by atoms with Crippen LogP contribution in [0.3, 0.4) is 0 Å². The topological polar surface area (TPSA) is 198 Å². The summed E-state index contributed by atoms with van der Waals surface area (Å²) in [4.78, 5) is 13.2. The first-order valence-electron chi connectivity index (χ1n) is 10.6. The molecule has 3 aromatic carbocycles. The van der Waals surface area contributed by atoms with Crippen LogP contribution < -0.4 is 0 Å². The summed E-state index contributed by atoms with van der Waals surface area (Å²) in [6.07, 6.45) is 0. The molecule has 4 heterocycles. The minimum Gasteiger partial charge on any atom is -0.302 e. The van der Waals surface area contributed by atoms with Crippen LogP contribution in [-0.4, -0.2) is 62.9 Å². The van der Waals surface area contributed by atoms with Gasteiger partial charge < -0.3 is 4.55 Å². The maximum atomic E-state index is 11.9. The summed E-state index contributed by atoms with van der Waals surface area (Å²) in [7, 11) is -9.10. The lowest BCUT2D eigenvalue weighted by atomic mass is 10.3. The second kappa shape index (κ2) is 7.31. The van der Waals surface area contributed by atoms with Crippen LogP contribution in [0.25, 0.3) is 50.4 Å². The smallest absolute Gasteiger partial charge is 0.294 e. The summed E-state index contributed by atoms with van der Waals surface area (Å²) >= 11 is -2.29. The molecule has 38 heavy (non-hydrogen) atoms. The van der Waals surface area contributed by atoms with Crippen LogP contribution in [0.4, 0.5) is 0 Å². The molecule has 7 rings (SSSR count). The summed E-state index contributed by atoms with van der Waals surface area (Å²) in [6, 6.07) is 12.1. The van der Waals surface area contributed by atoms with E-state index in [1.807, 2.05) is 0 Å². The van der Waals surface area contributed by atoms with Gasteiger partial charge in [-0.3, -0.25) is 9.11 Å². The van der Waals surface area contributed by atoms with E-state index in [9.17, 15) is 34.7 Å². The van der Waals surface area contributed by atoms with Crippen LogP contribution in [0.1, 0.15) is 0 Å². The molecule has 0 saturated heterocycles. The molecular formula is C21H12N6O8S3. The van der Waals surface area contributed by atoms with Gasteiger partial charge in [-0.15, -0.1) is 0 Å². The van der Waals surface area contributed by atoms with E-state index in [1.54, 1.807) is 14.9 Å². The molecule has 0 saturated carbocycles. The Morgan fingerprint density at radius 2 is 1.08 bits per heavy atom. The predicted octanol–water partition coefficient (Wildman–Crippen LogP) is 2.16. The van der Waals surface area contributed by atoms with Gasteiger partial charge in [-0.05, 0) is 54.6 Å². The van der Waals surface area contributed by atoms with Crippen molar-refractivity contribution in [3.05, 3.63) is 54.6 Å². The van der Waals surface area contributed by atoms with Crippen molar-refractivity contribution < 1.29 is 34.7 Å². The van der Waals surface area contributed by atoms with E-state index in [2.05, 4.69) is 15.0 Å². The number of hydrogen-bond acceptors (Lipinski definition) is 8. The van der Waals surface area contributed by atoms with E-state index < -0.39 is 31.3 Å². The molecule has 17 heteroatoms. The first kappa shape index (κ1) is 23.1. The summed E-state index contributed by atoms with van der Waals surface area (Å²) in [5.74, 6) is 0.658. The third kappa shape index (κ3) is 3.14. The fourth-order valence-corrected chi connectivity index (χ4v) is 6.00. The highest BCUT2D eigenvalue weighted by atomic mass is 32.2. The predicted molar refractivity (Wildman–Crippen MR) is 134 cm³/mol. The fourth-order valence-electron chi connectivity index (χ4n) is 4.60. The molecule has 0 radical (unpaired) electrons. The van der Waals surface area contributed by atoms with E-state index in [1.165, 1.54) is 52.9 Å². The Bertz CT molecular complexity index is 2440. The van der Waals surface area contributed by atoms with Crippen molar-refractivity contribution in [1.29, 1.82) is 0 Å². The lowest BCUT2D eigenvalue weighted by molar-refractivity contribution is 0.481. The molecule has 1 unspecified atom stereocenters. The highest BCUT2D eigenvalue weighted by molar-refractivity contribution is 7.86.